The van der Waals surface area contributed by atoms with Crippen molar-refractivity contribution in [2.75, 3.05) is 20.2 Å². The summed E-state index contributed by atoms with van der Waals surface area (Å²) in [6.45, 7) is -0.129. The molecule has 0 spiro atoms. The van der Waals surface area contributed by atoms with Crippen LogP contribution in [0.15, 0.2) is 53.7 Å². The molecule has 0 bridgehead atoms. The van der Waals surface area contributed by atoms with Crippen LogP contribution in [0.5, 0.6) is 0 Å². The molecule has 0 radical (unpaired) electrons. The standard InChI is InChI=1S/C14H16N2O3S/c1-16(9-10-17)20(18,19)14-6-4-12(5-7-14)13-3-2-8-15-11-13/h2-8,11,17H,9-10H2,1H3. The van der Waals surface area contributed by atoms with Crippen molar-refractivity contribution in [2.45, 2.75) is 4.90 Å². The van der Waals surface area contributed by atoms with Crippen LogP contribution >= 0.6 is 0 Å². The zero-order chi connectivity index (χ0) is 14.6. The number of likely N-dealkylation sites (N-methyl/N-ethyl adjacent to an activating group) is 1. The average Bonchev–Trinajstić information content (AvgIpc) is 2.48. The van der Waals surface area contributed by atoms with Gasteiger partial charge in [0.15, 0.2) is 0 Å². The Hall–Kier alpha value is -1.76. The van der Waals surface area contributed by atoms with Gasteiger partial charge in [-0.1, -0.05) is 18.2 Å². The van der Waals surface area contributed by atoms with Gasteiger partial charge in [-0.25, -0.2) is 8.42 Å². The Morgan fingerprint density at radius 3 is 2.40 bits per heavy atom. The van der Waals surface area contributed by atoms with Crippen LogP contribution in [0.2, 0.25) is 0 Å². The smallest absolute Gasteiger partial charge is 0.242 e. The van der Waals surface area contributed by atoms with Gasteiger partial charge in [-0.3, -0.25) is 4.98 Å². The second-order valence-corrected chi connectivity index (χ2v) is 6.36. The Kier molecular flexibility index (Phi) is 4.49. The minimum Gasteiger partial charge on any atom is -0.395 e. The largest absolute Gasteiger partial charge is 0.395 e. The third-order valence-electron chi connectivity index (χ3n) is 2.97. The highest BCUT2D eigenvalue weighted by molar-refractivity contribution is 7.89. The third-order valence-corrected chi connectivity index (χ3v) is 4.84. The summed E-state index contributed by atoms with van der Waals surface area (Å²) in [5, 5.41) is 8.83. The maximum atomic E-state index is 12.2. The van der Waals surface area contributed by atoms with E-state index in [-0.39, 0.29) is 18.0 Å². The van der Waals surface area contributed by atoms with Crippen molar-refractivity contribution in [3.05, 3.63) is 48.8 Å². The number of rotatable bonds is 5. The van der Waals surface area contributed by atoms with Gasteiger partial charge in [-0.05, 0) is 29.3 Å². The predicted molar refractivity (Wildman–Crippen MR) is 76.6 cm³/mol. The van der Waals surface area contributed by atoms with Gasteiger partial charge in [0, 0.05) is 26.0 Å². The minimum atomic E-state index is -3.54. The summed E-state index contributed by atoms with van der Waals surface area (Å²) in [5.41, 5.74) is 1.84. The van der Waals surface area contributed by atoms with Crippen LogP contribution < -0.4 is 0 Å². The van der Waals surface area contributed by atoms with Crippen LogP contribution in [0.4, 0.5) is 0 Å². The number of pyridine rings is 1. The maximum Gasteiger partial charge on any atom is 0.242 e. The molecule has 0 aliphatic heterocycles. The topological polar surface area (TPSA) is 70.5 Å². The molecule has 0 atom stereocenters. The summed E-state index contributed by atoms with van der Waals surface area (Å²) in [6.07, 6.45) is 3.41. The molecule has 2 aromatic rings. The Bertz CT molecular complexity index is 655. The van der Waals surface area contributed by atoms with Gasteiger partial charge in [0.1, 0.15) is 0 Å². The molecule has 0 aliphatic rings. The van der Waals surface area contributed by atoms with Crippen LogP contribution in [-0.2, 0) is 10.0 Å². The zero-order valence-electron chi connectivity index (χ0n) is 11.1. The van der Waals surface area contributed by atoms with Crippen LogP contribution in [0.3, 0.4) is 0 Å². The molecule has 1 heterocycles. The van der Waals surface area contributed by atoms with Gasteiger partial charge in [-0.2, -0.15) is 4.31 Å². The van der Waals surface area contributed by atoms with Crippen LogP contribution in [-0.4, -0.2) is 43.0 Å². The van der Waals surface area contributed by atoms with E-state index in [2.05, 4.69) is 4.98 Å². The number of hydrogen-bond donors (Lipinski definition) is 1. The molecule has 1 aromatic heterocycles. The number of aliphatic hydroxyl groups excluding tert-OH is 1. The van der Waals surface area contributed by atoms with E-state index in [1.54, 1.807) is 36.7 Å². The van der Waals surface area contributed by atoms with E-state index in [4.69, 9.17) is 5.11 Å². The van der Waals surface area contributed by atoms with E-state index < -0.39 is 10.0 Å². The fourth-order valence-corrected chi connectivity index (χ4v) is 2.96. The fraction of sp³-hybridized carbons (Fsp3) is 0.214. The molecule has 0 saturated heterocycles. The van der Waals surface area contributed by atoms with E-state index in [1.165, 1.54) is 7.05 Å². The van der Waals surface area contributed by atoms with Crippen molar-refractivity contribution in [2.24, 2.45) is 0 Å². The van der Waals surface area contributed by atoms with Crippen molar-refractivity contribution in [3.63, 3.8) is 0 Å². The summed E-state index contributed by atoms with van der Waals surface area (Å²) in [6, 6.07) is 10.4. The Balaban J connectivity index is 2.29. The first kappa shape index (κ1) is 14.6. The van der Waals surface area contributed by atoms with Gasteiger partial charge < -0.3 is 5.11 Å². The van der Waals surface area contributed by atoms with Crippen molar-refractivity contribution in [3.8, 4) is 11.1 Å². The zero-order valence-corrected chi connectivity index (χ0v) is 11.9. The predicted octanol–water partition coefficient (Wildman–Crippen LogP) is 1.36. The van der Waals surface area contributed by atoms with E-state index in [0.717, 1.165) is 15.4 Å². The normalized spacial score (nSPS) is 11.8. The maximum absolute atomic E-state index is 12.2. The fourth-order valence-electron chi connectivity index (χ4n) is 1.79. The lowest BCUT2D eigenvalue weighted by molar-refractivity contribution is 0.266. The van der Waals surface area contributed by atoms with Gasteiger partial charge in [0.25, 0.3) is 0 Å². The summed E-state index contributed by atoms with van der Waals surface area (Å²) in [7, 11) is -2.10. The van der Waals surface area contributed by atoms with Gasteiger partial charge in [0.05, 0.1) is 11.5 Å². The summed E-state index contributed by atoms with van der Waals surface area (Å²) < 4.78 is 25.5. The molecule has 0 saturated carbocycles. The summed E-state index contributed by atoms with van der Waals surface area (Å²) >= 11 is 0. The molecule has 5 nitrogen and oxygen atoms in total. The molecule has 20 heavy (non-hydrogen) atoms. The monoisotopic (exact) mass is 292 g/mol. The second kappa shape index (κ2) is 6.13. The van der Waals surface area contributed by atoms with Crippen molar-refractivity contribution in [1.82, 2.24) is 9.29 Å². The molecule has 0 amide bonds. The lowest BCUT2D eigenvalue weighted by Gasteiger charge is -2.16. The van der Waals surface area contributed by atoms with E-state index in [9.17, 15) is 8.42 Å². The lowest BCUT2D eigenvalue weighted by Crippen LogP contribution is -2.29. The number of sulfonamides is 1. The molecule has 1 aromatic carbocycles. The Morgan fingerprint density at radius 2 is 1.85 bits per heavy atom. The molecular weight excluding hydrogens is 276 g/mol. The highest BCUT2D eigenvalue weighted by atomic mass is 32.2. The van der Waals surface area contributed by atoms with Crippen molar-refractivity contribution >= 4 is 10.0 Å². The number of aliphatic hydroxyl groups is 1. The second-order valence-electron chi connectivity index (χ2n) is 4.32. The number of benzene rings is 1. The Morgan fingerprint density at radius 1 is 1.15 bits per heavy atom. The lowest BCUT2D eigenvalue weighted by atomic mass is 10.1. The molecule has 6 heteroatoms. The quantitative estimate of drug-likeness (QED) is 0.903. The first-order valence-corrected chi connectivity index (χ1v) is 7.57. The number of hydrogen-bond acceptors (Lipinski definition) is 4. The van der Waals surface area contributed by atoms with Crippen molar-refractivity contribution in [1.29, 1.82) is 0 Å². The minimum absolute atomic E-state index is 0.0761. The van der Waals surface area contributed by atoms with Crippen LogP contribution in [0.1, 0.15) is 0 Å². The molecule has 2 rings (SSSR count). The molecule has 0 aliphatic carbocycles. The van der Waals surface area contributed by atoms with E-state index in [1.807, 2.05) is 12.1 Å². The first-order valence-electron chi connectivity index (χ1n) is 6.13. The van der Waals surface area contributed by atoms with E-state index in [0.29, 0.717) is 0 Å². The summed E-state index contributed by atoms with van der Waals surface area (Å²) in [5.74, 6) is 0. The molecule has 0 fully saturated rings. The summed E-state index contributed by atoms with van der Waals surface area (Å²) in [4.78, 5) is 4.24. The highest BCUT2D eigenvalue weighted by Gasteiger charge is 2.19. The number of nitrogens with zero attached hydrogens (tertiary/aromatic N) is 2. The number of aromatic nitrogens is 1. The first-order chi connectivity index (χ1) is 9.55. The molecular formula is C14H16N2O3S. The van der Waals surface area contributed by atoms with E-state index >= 15 is 0 Å². The third kappa shape index (κ3) is 3.04. The highest BCUT2D eigenvalue weighted by Crippen LogP contribution is 2.21. The van der Waals surface area contributed by atoms with Gasteiger partial charge in [0.2, 0.25) is 10.0 Å². The van der Waals surface area contributed by atoms with Crippen LogP contribution in [0.25, 0.3) is 11.1 Å². The Labute approximate surface area is 118 Å². The van der Waals surface area contributed by atoms with Crippen molar-refractivity contribution < 1.29 is 13.5 Å². The average molecular weight is 292 g/mol. The molecule has 1 N–H and O–H groups in total. The molecule has 106 valence electrons. The molecule has 0 unspecified atom stereocenters. The SMILES string of the molecule is CN(CCO)S(=O)(=O)c1ccc(-c2cccnc2)cc1. The van der Waals surface area contributed by atoms with Gasteiger partial charge >= 0.3 is 0 Å². The van der Waals surface area contributed by atoms with Crippen LogP contribution in [0, 0.1) is 0 Å². The van der Waals surface area contributed by atoms with Gasteiger partial charge in [-0.15, -0.1) is 0 Å².